The molecule has 2 aliphatic carbocycles. The number of halogens is 1. The number of allylic oxidation sites excluding steroid dienone is 4. The van der Waals surface area contributed by atoms with Crippen LogP contribution in [-0.2, 0) is 12.0 Å². The molecule has 138 valence electrons. The summed E-state index contributed by atoms with van der Waals surface area (Å²) in [5, 5.41) is 13.0. The summed E-state index contributed by atoms with van der Waals surface area (Å²) in [6.07, 6.45) is 9.52. The van der Waals surface area contributed by atoms with Gasteiger partial charge in [-0.1, -0.05) is 84.4 Å². The van der Waals surface area contributed by atoms with Crippen molar-refractivity contribution >= 4 is 17.2 Å². The van der Waals surface area contributed by atoms with E-state index < -0.39 is 5.60 Å². The molecule has 1 N–H and O–H groups in total. The molecular weight excluding hydrogens is 364 g/mol. The Balaban J connectivity index is 1.83. The van der Waals surface area contributed by atoms with E-state index >= 15 is 0 Å². The van der Waals surface area contributed by atoms with Crippen LogP contribution in [0.5, 0.6) is 0 Å². The number of hydrogen-bond donors (Lipinski definition) is 1. The Morgan fingerprint density at radius 1 is 0.786 bits per heavy atom. The highest BCUT2D eigenvalue weighted by Crippen LogP contribution is 2.47. The molecule has 0 saturated heterocycles. The lowest BCUT2D eigenvalue weighted by Crippen LogP contribution is -2.35. The molecule has 0 aromatic heterocycles. The maximum Gasteiger partial charge on any atom is 0.141 e. The smallest absolute Gasteiger partial charge is 0.141 e. The molecule has 0 fully saturated rings. The topological polar surface area (TPSA) is 20.2 Å². The van der Waals surface area contributed by atoms with Gasteiger partial charge in [-0.25, -0.2) is 0 Å². The lowest BCUT2D eigenvalue weighted by Gasteiger charge is -2.38. The quantitative estimate of drug-likeness (QED) is 0.552. The Hall–Kier alpha value is -2.61. The van der Waals surface area contributed by atoms with Crippen molar-refractivity contribution in [3.8, 4) is 0 Å². The number of benzene rings is 3. The van der Waals surface area contributed by atoms with Gasteiger partial charge in [0, 0.05) is 10.6 Å². The standard InChI is InChI=1S/C26H21ClO/c27-21-15-14-20-16-19-10-4-6-12-23(19)26(28,25(20)17-21)24-13-7-5-11-22(24)18-8-2-1-3-9-18/h2,4-15,17,28H,1,3,16H2. The first kappa shape index (κ1) is 17.5. The number of aliphatic hydroxyl groups is 1. The van der Waals surface area contributed by atoms with E-state index in [1.54, 1.807) is 0 Å². The molecule has 2 heteroatoms. The Kier molecular flexibility index (Phi) is 4.23. The molecule has 28 heavy (non-hydrogen) atoms. The summed E-state index contributed by atoms with van der Waals surface area (Å²) >= 11 is 6.37. The van der Waals surface area contributed by atoms with Crippen LogP contribution in [0.4, 0.5) is 0 Å². The third-order valence-electron chi connectivity index (χ3n) is 5.87. The van der Waals surface area contributed by atoms with E-state index in [9.17, 15) is 5.11 Å². The first-order chi connectivity index (χ1) is 13.7. The zero-order valence-corrected chi connectivity index (χ0v) is 16.3. The summed E-state index contributed by atoms with van der Waals surface area (Å²) in [5.74, 6) is 0. The molecule has 0 spiro atoms. The molecule has 2 aliphatic rings. The zero-order valence-electron chi connectivity index (χ0n) is 15.5. The van der Waals surface area contributed by atoms with E-state index in [0.29, 0.717) is 5.02 Å². The summed E-state index contributed by atoms with van der Waals surface area (Å²) in [6, 6.07) is 22.3. The fourth-order valence-electron chi connectivity index (χ4n) is 4.57. The Labute approximate surface area is 170 Å². The second-order valence-corrected chi connectivity index (χ2v) is 7.97. The van der Waals surface area contributed by atoms with Crippen LogP contribution >= 0.6 is 11.6 Å². The lowest BCUT2D eigenvalue weighted by molar-refractivity contribution is 0.121. The van der Waals surface area contributed by atoms with Gasteiger partial charge in [0.2, 0.25) is 0 Å². The molecule has 0 amide bonds. The summed E-state index contributed by atoms with van der Waals surface area (Å²) in [4.78, 5) is 0. The van der Waals surface area contributed by atoms with Crippen molar-refractivity contribution in [3.05, 3.63) is 123 Å². The van der Waals surface area contributed by atoms with Crippen LogP contribution in [0.2, 0.25) is 5.02 Å². The zero-order chi connectivity index (χ0) is 19.1. The van der Waals surface area contributed by atoms with E-state index in [1.165, 1.54) is 5.57 Å². The summed E-state index contributed by atoms with van der Waals surface area (Å²) in [7, 11) is 0. The Bertz CT molecular complexity index is 1120. The third-order valence-corrected chi connectivity index (χ3v) is 6.11. The van der Waals surface area contributed by atoms with Crippen LogP contribution < -0.4 is 0 Å². The molecule has 0 saturated carbocycles. The molecule has 0 aliphatic heterocycles. The van der Waals surface area contributed by atoms with Gasteiger partial charge in [-0.2, -0.15) is 0 Å². The molecule has 0 radical (unpaired) electrons. The first-order valence-corrected chi connectivity index (χ1v) is 10.1. The monoisotopic (exact) mass is 384 g/mol. The van der Waals surface area contributed by atoms with Crippen LogP contribution in [0.25, 0.3) is 5.57 Å². The molecule has 0 bridgehead atoms. The fraction of sp³-hybridized carbons (Fsp3) is 0.154. The highest BCUT2D eigenvalue weighted by Gasteiger charge is 2.41. The highest BCUT2D eigenvalue weighted by molar-refractivity contribution is 6.30. The van der Waals surface area contributed by atoms with E-state index in [0.717, 1.165) is 52.6 Å². The molecule has 1 atom stereocenters. The molecule has 5 rings (SSSR count). The average Bonchev–Trinajstić information content (AvgIpc) is 2.75. The van der Waals surface area contributed by atoms with Gasteiger partial charge in [0.25, 0.3) is 0 Å². The van der Waals surface area contributed by atoms with E-state index in [-0.39, 0.29) is 0 Å². The summed E-state index contributed by atoms with van der Waals surface area (Å²) < 4.78 is 0. The van der Waals surface area contributed by atoms with Crippen molar-refractivity contribution in [1.29, 1.82) is 0 Å². The first-order valence-electron chi connectivity index (χ1n) is 9.74. The second-order valence-electron chi connectivity index (χ2n) is 7.53. The summed E-state index contributed by atoms with van der Waals surface area (Å²) in [6.45, 7) is 0. The van der Waals surface area contributed by atoms with Gasteiger partial charge >= 0.3 is 0 Å². The summed E-state index contributed by atoms with van der Waals surface area (Å²) in [5.41, 5.74) is 6.01. The molecule has 3 aromatic carbocycles. The van der Waals surface area contributed by atoms with Crippen LogP contribution in [0.3, 0.4) is 0 Å². The maximum absolute atomic E-state index is 12.4. The minimum atomic E-state index is -1.24. The number of hydrogen-bond acceptors (Lipinski definition) is 1. The number of fused-ring (bicyclic) bond motifs is 2. The predicted molar refractivity (Wildman–Crippen MR) is 116 cm³/mol. The molecule has 0 heterocycles. The van der Waals surface area contributed by atoms with Crippen LogP contribution in [0.15, 0.2) is 85.0 Å². The Morgan fingerprint density at radius 2 is 1.54 bits per heavy atom. The predicted octanol–water partition coefficient (Wildman–Crippen LogP) is 6.26. The van der Waals surface area contributed by atoms with E-state index in [1.807, 2.05) is 54.6 Å². The largest absolute Gasteiger partial charge is 0.376 e. The van der Waals surface area contributed by atoms with Crippen LogP contribution in [-0.4, -0.2) is 5.11 Å². The van der Waals surface area contributed by atoms with Gasteiger partial charge in [0.1, 0.15) is 5.60 Å². The van der Waals surface area contributed by atoms with Gasteiger partial charge in [-0.3, -0.25) is 0 Å². The minimum absolute atomic E-state index is 0.644. The van der Waals surface area contributed by atoms with Crippen LogP contribution in [0, 0.1) is 0 Å². The molecule has 1 unspecified atom stereocenters. The Morgan fingerprint density at radius 3 is 2.36 bits per heavy atom. The second kappa shape index (κ2) is 6.77. The third kappa shape index (κ3) is 2.66. The normalized spacial score (nSPS) is 20.3. The maximum atomic E-state index is 12.4. The van der Waals surface area contributed by atoms with Crippen molar-refractivity contribution in [3.63, 3.8) is 0 Å². The van der Waals surface area contributed by atoms with E-state index in [4.69, 9.17) is 11.6 Å². The van der Waals surface area contributed by atoms with Gasteiger partial charge < -0.3 is 5.11 Å². The van der Waals surface area contributed by atoms with Gasteiger partial charge in [0.05, 0.1) is 0 Å². The van der Waals surface area contributed by atoms with Crippen molar-refractivity contribution in [2.24, 2.45) is 0 Å². The van der Waals surface area contributed by atoms with Crippen LogP contribution in [0.1, 0.15) is 46.2 Å². The van der Waals surface area contributed by atoms with E-state index in [2.05, 4.69) is 30.4 Å². The van der Waals surface area contributed by atoms with Crippen molar-refractivity contribution in [1.82, 2.24) is 0 Å². The van der Waals surface area contributed by atoms with Crippen molar-refractivity contribution < 1.29 is 5.11 Å². The minimum Gasteiger partial charge on any atom is -0.376 e. The fourth-order valence-corrected chi connectivity index (χ4v) is 4.74. The average molecular weight is 385 g/mol. The van der Waals surface area contributed by atoms with Crippen molar-refractivity contribution in [2.45, 2.75) is 24.9 Å². The SMILES string of the molecule is OC1(c2ccccc2C2=CCCC=C2)c2ccccc2Cc2ccc(Cl)cc21. The molecule has 1 nitrogen and oxygen atoms in total. The van der Waals surface area contributed by atoms with Crippen molar-refractivity contribution in [2.75, 3.05) is 0 Å². The van der Waals surface area contributed by atoms with Gasteiger partial charge in [0.15, 0.2) is 0 Å². The highest BCUT2D eigenvalue weighted by atomic mass is 35.5. The van der Waals surface area contributed by atoms with Gasteiger partial charge in [-0.05, 0) is 64.8 Å². The molecule has 3 aromatic rings. The van der Waals surface area contributed by atoms with Gasteiger partial charge in [-0.15, -0.1) is 0 Å². The lowest BCUT2D eigenvalue weighted by atomic mass is 9.69. The molecular formula is C26H21ClO. The number of rotatable bonds is 2.